The van der Waals surface area contributed by atoms with Crippen molar-refractivity contribution in [2.45, 2.75) is 17.9 Å². The van der Waals surface area contributed by atoms with Crippen LogP contribution in [0.25, 0.3) is 0 Å². The zero-order valence-corrected chi connectivity index (χ0v) is 16.0. The maximum absolute atomic E-state index is 12.6. The monoisotopic (exact) mass is 364 g/mol. The lowest BCUT2D eigenvalue weighted by Gasteiger charge is -2.47. The van der Waals surface area contributed by atoms with Gasteiger partial charge in [0.2, 0.25) is 0 Å². The molecule has 4 aromatic rings. The highest BCUT2D eigenvalue weighted by molar-refractivity contribution is 5.52. The summed E-state index contributed by atoms with van der Waals surface area (Å²) in [5, 5.41) is 12.6. The molecule has 1 nitrogen and oxygen atoms in total. The van der Waals surface area contributed by atoms with Crippen molar-refractivity contribution in [3.05, 3.63) is 144 Å². The Bertz CT molecular complexity index is 843. The first-order valence-corrected chi connectivity index (χ1v) is 9.62. The van der Waals surface area contributed by atoms with Gasteiger partial charge in [0.15, 0.2) is 0 Å². The molecule has 0 spiro atoms. The van der Waals surface area contributed by atoms with Gasteiger partial charge in [-0.15, -0.1) is 0 Å². The number of aliphatic hydroxyl groups is 1. The van der Waals surface area contributed by atoms with Crippen molar-refractivity contribution in [3.63, 3.8) is 0 Å². The first-order chi connectivity index (χ1) is 13.7. The number of hydrogen-bond acceptors (Lipinski definition) is 1. The van der Waals surface area contributed by atoms with E-state index in [9.17, 15) is 5.11 Å². The molecule has 0 aliphatic carbocycles. The fourth-order valence-corrected chi connectivity index (χ4v) is 4.23. The highest BCUT2D eigenvalue weighted by Crippen LogP contribution is 2.50. The molecule has 4 rings (SSSR count). The van der Waals surface area contributed by atoms with Crippen LogP contribution < -0.4 is 0 Å². The zero-order chi connectivity index (χ0) is 19.5. The standard InChI is InChI=1S/C27H24O/c1-26(22-14-6-2-7-15-22,23-16-8-3-9-17-23)27(28,24-18-10-4-11-19-24)25-20-12-5-13-21-25/h2-21,28H,1H3. The third-order valence-electron chi connectivity index (χ3n) is 5.81. The third kappa shape index (κ3) is 2.85. The molecule has 0 amide bonds. The lowest BCUT2D eigenvalue weighted by atomic mass is 9.59. The van der Waals surface area contributed by atoms with E-state index in [1.807, 2.05) is 97.1 Å². The van der Waals surface area contributed by atoms with E-state index >= 15 is 0 Å². The van der Waals surface area contributed by atoms with Crippen molar-refractivity contribution in [1.82, 2.24) is 0 Å². The molecule has 0 unspecified atom stereocenters. The lowest BCUT2D eigenvalue weighted by Crippen LogP contribution is -2.49. The SMILES string of the molecule is CC(c1ccccc1)(c1ccccc1)C(O)(c1ccccc1)c1ccccc1. The molecule has 1 heteroatoms. The van der Waals surface area contributed by atoms with E-state index in [1.54, 1.807) is 0 Å². The molecule has 1 N–H and O–H groups in total. The van der Waals surface area contributed by atoms with Crippen molar-refractivity contribution in [3.8, 4) is 0 Å². The molecular weight excluding hydrogens is 340 g/mol. The Morgan fingerprint density at radius 2 is 0.679 bits per heavy atom. The third-order valence-corrected chi connectivity index (χ3v) is 5.81. The topological polar surface area (TPSA) is 20.2 Å². The average molecular weight is 364 g/mol. The minimum Gasteiger partial charge on any atom is -0.379 e. The van der Waals surface area contributed by atoms with Crippen LogP contribution in [-0.2, 0) is 11.0 Å². The van der Waals surface area contributed by atoms with Crippen LogP contribution in [0.4, 0.5) is 0 Å². The minimum absolute atomic E-state index is 0.696. The van der Waals surface area contributed by atoms with Crippen LogP contribution in [0.3, 0.4) is 0 Å². The Balaban J connectivity index is 2.09. The predicted molar refractivity (Wildman–Crippen MR) is 115 cm³/mol. The van der Waals surface area contributed by atoms with Crippen LogP contribution in [0.1, 0.15) is 29.2 Å². The second-order valence-electron chi connectivity index (χ2n) is 7.30. The summed E-state index contributed by atoms with van der Waals surface area (Å²) < 4.78 is 0. The highest BCUT2D eigenvalue weighted by Gasteiger charge is 2.51. The zero-order valence-electron chi connectivity index (χ0n) is 16.0. The minimum atomic E-state index is -1.25. The first-order valence-electron chi connectivity index (χ1n) is 9.62. The van der Waals surface area contributed by atoms with E-state index in [2.05, 4.69) is 31.2 Å². The summed E-state index contributed by atoms with van der Waals surface area (Å²) in [6.45, 7) is 2.14. The quantitative estimate of drug-likeness (QED) is 0.465. The molecule has 0 aliphatic heterocycles. The highest BCUT2D eigenvalue weighted by atomic mass is 16.3. The Kier molecular flexibility index (Phi) is 4.85. The van der Waals surface area contributed by atoms with Crippen LogP contribution in [0.5, 0.6) is 0 Å². The summed E-state index contributed by atoms with van der Waals surface area (Å²) >= 11 is 0. The van der Waals surface area contributed by atoms with Crippen LogP contribution in [0.2, 0.25) is 0 Å². The predicted octanol–water partition coefficient (Wildman–Crippen LogP) is 5.93. The lowest BCUT2D eigenvalue weighted by molar-refractivity contribution is 0.0185. The second-order valence-corrected chi connectivity index (χ2v) is 7.30. The van der Waals surface area contributed by atoms with Gasteiger partial charge in [-0.25, -0.2) is 0 Å². The molecule has 0 fully saturated rings. The molecule has 0 atom stereocenters. The van der Waals surface area contributed by atoms with Gasteiger partial charge in [-0.2, -0.15) is 0 Å². The van der Waals surface area contributed by atoms with Gasteiger partial charge >= 0.3 is 0 Å². The Morgan fingerprint density at radius 1 is 0.429 bits per heavy atom. The van der Waals surface area contributed by atoms with Crippen LogP contribution in [-0.4, -0.2) is 5.11 Å². The fourth-order valence-electron chi connectivity index (χ4n) is 4.23. The van der Waals surface area contributed by atoms with Gasteiger partial charge in [0.25, 0.3) is 0 Å². The van der Waals surface area contributed by atoms with E-state index in [0.29, 0.717) is 0 Å². The molecule has 0 saturated heterocycles. The molecule has 0 saturated carbocycles. The van der Waals surface area contributed by atoms with Crippen molar-refractivity contribution < 1.29 is 5.11 Å². The van der Waals surface area contributed by atoms with Gasteiger partial charge in [-0.1, -0.05) is 121 Å². The normalized spacial score (nSPS) is 11.9. The molecule has 28 heavy (non-hydrogen) atoms. The first kappa shape index (κ1) is 18.2. The van der Waals surface area contributed by atoms with Crippen LogP contribution >= 0.6 is 0 Å². The fraction of sp³-hybridized carbons (Fsp3) is 0.111. The van der Waals surface area contributed by atoms with Crippen molar-refractivity contribution >= 4 is 0 Å². The van der Waals surface area contributed by atoms with E-state index in [1.165, 1.54) is 0 Å². The van der Waals surface area contributed by atoms with Gasteiger partial charge in [0, 0.05) is 0 Å². The molecule has 0 heterocycles. The molecule has 0 radical (unpaired) electrons. The van der Waals surface area contributed by atoms with E-state index in [0.717, 1.165) is 22.3 Å². The smallest absolute Gasteiger partial charge is 0.128 e. The van der Waals surface area contributed by atoms with Gasteiger partial charge in [-0.05, 0) is 29.2 Å². The largest absolute Gasteiger partial charge is 0.379 e. The summed E-state index contributed by atoms with van der Waals surface area (Å²) in [4.78, 5) is 0. The van der Waals surface area contributed by atoms with E-state index in [4.69, 9.17) is 0 Å². The Hall–Kier alpha value is -3.16. The average Bonchev–Trinajstić information content (AvgIpc) is 2.80. The summed E-state index contributed by atoms with van der Waals surface area (Å²) in [6, 6.07) is 40.5. The van der Waals surface area contributed by atoms with Crippen molar-refractivity contribution in [2.75, 3.05) is 0 Å². The molecule has 138 valence electrons. The maximum atomic E-state index is 12.6. The summed E-state index contributed by atoms with van der Waals surface area (Å²) in [6.07, 6.45) is 0. The van der Waals surface area contributed by atoms with Crippen LogP contribution in [0.15, 0.2) is 121 Å². The molecule has 4 aromatic carbocycles. The van der Waals surface area contributed by atoms with Gasteiger partial charge in [-0.3, -0.25) is 0 Å². The van der Waals surface area contributed by atoms with Crippen molar-refractivity contribution in [2.24, 2.45) is 0 Å². The molecule has 0 bridgehead atoms. The molecule has 0 aromatic heterocycles. The Labute approximate surface area is 166 Å². The Morgan fingerprint density at radius 3 is 0.964 bits per heavy atom. The van der Waals surface area contributed by atoms with Gasteiger partial charge in [0.05, 0.1) is 5.41 Å². The molecular formula is C27H24O. The number of benzene rings is 4. The number of rotatable bonds is 5. The van der Waals surface area contributed by atoms with Crippen molar-refractivity contribution in [1.29, 1.82) is 0 Å². The van der Waals surface area contributed by atoms with Crippen LogP contribution in [0, 0.1) is 0 Å². The summed E-state index contributed by atoms with van der Waals surface area (Å²) in [5.41, 5.74) is 1.93. The number of hydrogen-bond donors (Lipinski definition) is 1. The summed E-state index contributed by atoms with van der Waals surface area (Å²) in [7, 11) is 0. The second kappa shape index (κ2) is 7.46. The van der Waals surface area contributed by atoms with E-state index < -0.39 is 11.0 Å². The van der Waals surface area contributed by atoms with E-state index in [-0.39, 0.29) is 0 Å². The van der Waals surface area contributed by atoms with Gasteiger partial charge < -0.3 is 5.11 Å². The maximum Gasteiger partial charge on any atom is 0.128 e. The molecule has 0 aliphatic rings. The summed E-state index contributed by atoms with van der Waals surface area (Å²) in [5.74, 6) is 0. The van der Waals surface area contributed by atoms with Gasteiger partial charge in [0.1, 0.15) is 5.60 Å².